The predicted molar refractivity (Wildman–Crippen MR) is 75.3 cm³/mol. The van der Waals surface area contributed by atoms with Crippen LogP contribution in [-0.4, -0.2) is 42.4 Å². The Morgan fingerprint density at radius 1 is 1.30 bits per heavy atom. The summed E-state index contributed by atoms with van der Waals surface area (Å²) in [6.07, 6.45) is -3.87. The lowest BCUT2D eigenvalue weighted by Crippen LogP contribution is -2.37. The number of hydrogen-bond acceptors (Lipinski definition) is 3. The molecule has 7 heteroatoms. The Morgan fingerprint density at radius 2 is 2.00 bits per heavy atom. The average molecular weight is 355 g/mol. The normalized spacial score (nSPS) is 13.8. The van der Waals surface area contributed by atoms with Crippen LogP contribution in [-0.2, 0) is 0 Å². The second-order valence-electron chi connectivity index (χ2n) is 4.57. The van der Waals surface area contributed by atoms with E-state index in [4.69, 9.17) is 10.8 Å². The zero-order chi connectivity index (χ0) is 15.2. The van der Waals surface area contributed by atoms with Crippen molar-refractivity contribution in [3.05, 3.63) is 34.3 Å². The smallest absolute Gasteiger partial charge is 0.395 e. The Kier molecular flexibility index (Phi) is 6.94. The number of halogens is 4. The molecule has 0 radical (unpaired) electrons. The summed E-state index contributed by atoms with van der Waals surface area (Å²) >= 11 is 3.33. The highest BCUT2D eigenvalue weighted by atomic mass is 79.9. The molecule has 0 amide bonds. The molecule has 0 bridgehead atoms. The maximum Gasteiger partial charge on any atom is 0.401 e. The molecule has 0 aromatic heterocycles. The summed E-state index contributed by atoms with van der Waals surface area (Å²) in [5.74, 6) is 0. The molecule has 1 atom stereocenters. The quantitative estimate of drug-likeness (QED) is 0.791. The molecule has 0 saturated heterocycles. The van der Waals surface area contributed by atoms with Crippen LogP contribution in [0.3, 0.4) is 0 Å². The fourth-order valence-corrected chi connectivity index (χ4v) is 2.31. The third kappa shape index (κ3) is 6.69. The fourth-order valence-electron chi connectivity index (χ4n) is 1.89. The van der Waals surface area contributed by atoms with Gasteiger partial charge in [0.1, 0.15) is 0 Å². The number of nitrogens with zero attached hydrogens (tertiary/aromatic N) is 1. The lowest BCUT2D eigenvalue weighted by molar-refractivity contribution is -0.146. The van der Waals surface area contributed by atoms with Crippen molar-refractivity contribution in [1.29, 1.82) is 0 Å². The summed E-state index contributed by atoms with van der Waals surface area (Å²) in [6, 6.07) is 7.06. The van der Waals surface area contributed by atoms with Gasteiger partial charge in [0.15, 0.2) is 0 Å². The van der Waals surface area contributed by atoms with E-state index in [1.807, 2.05) is 24.3 Å². The Morgan fingerprint density at radius 3 is 2.55 bits per heavy atom. The van der Waals surface area contributed by atoms with Gasteiger partial charge in [-0.3, -0.25) is 4.90 Å². The maximum atomic E-state index is 12.4. The zero-order valence-corrected chi connectivity index (χ0v) is 12.5. The van der Waals surface area contributed by atoms with E-state index >= 15 is 0 Å². The van der Waals surface area contributed by atoms with Crippen molar-refractivity contribution < 1.29 is 18.3 Å². The van der Waals surface area contributed by atoms with Gasteiger partial charge in [0, 0.05) is 23.6 Å². The van der Waals surface area contributed by atoms with Gasteiger partial charge in [0.2, 0.25) is 0 Å². The van der Waals surface area contributed by atoms with Crippen molar-refractivity contribution in [2.24, 2.45) is 5.73 Å². The second-order valence-corrected chi connectivity index (χ2v) is 5.48. The van der Waals surface area contributed by atoms with Crippen LogP contribution in [0.25, 0.3) is 0 Å². The highest BCUT2D eigenvalue weighted by Gasteiger charge is 2.30. The van der Waals surface area contributed by atoms with Gasteiger partial charge in [-0.25, -0.2) is 0 Å². The lowest BCUT2D eigenvalue weighted by Gasteiger charge is -2.24. The van der Waals surface area contributed by atoms with Gasteiger partial charge in [-0.2, -0.15) is 13.2 Å². The predicted octanol–water partition coefficient (Wildman–Crippen LogP) is 2.70. The van der Waals surface area contributed by atoms with Crippen molar-refractivity contribution in [1.82, 2.24) is 4.90 Å². The molecule has 1 aromatic rings. The van der Waals surface area contributed by atoms with Crippen LogP contribution in [0.2, 0.25) is 0 Å². The van der Waals surface area contributed by atoms with Crippen LogP contribution >= 0.6 is 15.9 Å². The van der Waals surface area contributed by atoms with Gasteiger partial charge in [-0.1, -0.05) is 28.1 Å². The minimum absolute atomic E-state index is 0.00921. The first-order chi connectivity index (χ1) is 9.31. The molecule has 0 fully saturated rings. The Hall–Kier alpha value is -0.630. The van der Waals surface area contributed by atoms with E-state index in [1.54, 1.807) is 0 Å². The zero-order valence-electron chi connectivity index (χ0n) is 10.9. The van der Waals surface area contributed by atoms with Crippen LogP contribution in [0, 0.1) is 0 Å². The molecular weight excluding hydrogens is 337 g/mol. The summed E-state index contributed by atoms with van der Waals surface area (Å²) < 4.78 is 38.0. The second kappa shape index (κ2) is 7.97. The summed E-state index contributed by atoms with van der Waals surface area (Å²) in [5.41, 5.74) is 6.85. The van der Waals surface area contributed by atoms with Gasteiger partial charge in [-0.05, 0) is 24.1 Å². The summed E-state index contributed by atoms with van der Waals surface area (Å²) in [4.78, 5) is 1.16. The van der Waals surface area contributed by atoms with Crippen molar-refractivity contribution in [2.45, 2.75) is 18.6 Å². The lowest BCUT2D eigenvalue weighted by atomic mass is 10.0. The van der Waals surface area contributed by atoms with E-state index in [1.165, 1.54) is 0 Å². The highest BCUT2D eigenvalue weighted by molar-refractivity contribution is 9.10. The molecule has 0 saturated carbocycles. The van der Waals surface area contributed by atoms with E-state index in [2.05, 4.69) is 15.9 Å². The number of benzene rings is 1. The molecule has 0 aliphatic carbocycles. The molecule has 1 unspecified atom stereocenters. The monoisotopic (exact) mass is 354 g/mol. The standard InChI is InChI=1S/C13H18BrF3N2O/c14-11-3-1-2-10(8-11)12(18)4-5-19(6-7-20)9-13(15,16)17/h1-3,8,12,20H,4-7,9,18H2. The summed E-state index contributed by atoms with van der Waals surface area (Å²) in [7, 11) is 0. The van der Waals surface area contributed by atoms with Crippen molar-refractivity contribution in [2.75, 3.05) is 26.2 Å². The number of nitrogens with two attached hydrogens (primary N) is 1. The van der Waals surface area contributed by atoms with Crippen molar-refractivity contribution in [3.63, 3.8) is 0 Å². The van der Waals surface area contributed by atoms with E-state index < -0.39 is 12.7 Å². The van der Waals surface area contributed by atoms with Crippen LogP contribution in [0.1, 0.15) is 18.0 Å². The molecule has 3 nitrogen and oxygen atoms in total. The van der Waals surface area contributed by atoms with Crippen LogP contribution in [0.5, 0.6) is 0 Å². The van der Waals surface area contributed by atoms with Crippen LogP contribution in [0.15, 0.2) is 28.7 Å². The number of hydrogen-bond donors (Lipinski definition) is 2. The molecular formula is C13H18BrF3N2O. The van der Waals surface area contributed by atoms with Crippen LogP contribution in [0.4, 0.5) is 13.2 Å². The third-order valence-electron chi connectivity index (χ3n) is 2.85. The first-order valence-electron chi connectivity index (χ1n) is 6.23. The van der Waals surface area contributed by atoms with Gasteiger partial charge in [0.05, 0.1) is 13.2 Å². The largest absolute Gasteiger partial charge is 0.401 e. The number of aliphatic hydroxyl groups excluding tert-OH is 1. The van der Waals surface area contributed by atoms with Gasteiger partial charge >= 0.3 is 6.18 Å². The number of aliphatic hydroxyl groups is 1. The molecule has 1 aromatic carbocycles. The minimum Gasteiger partial charge on any atom is -0.395 e. The highest BCUT2D eigenvalue weighted by Crippen LogP contribution is 2.21. The Balaban J connectivity index is 2.54. The first kappa shape index (κ1) is 17.4. The molecule has 3 N–H and O–H groups in total. The average Bonchev–Trinajstić information content (AvgIpc) is 2.34. The molecule has 114 valence electrons. The Labute approximate surface area is 124 Å². The first-order valence-corrected chi connectivity index (χ1v) is 7.02. The third-order valence-corrected chi connectivity index (χ3v) is 3.35. The van der Waals surface area contributed by atoms with Crippen molar-refractivity contribution in [3.8, 4) is 0 Å². The Bertz CT molecular complexity index is 415. The van der Waals surface area contributed by atoms with E-state index in [0.29, 0.717) is 6.42 Å². The number of rotatable bonds is 7. The van der Waals surface area contributed by atoms with Gasteiger partial charge in [0.25, 0.3) is 0 Å². The van der Waals surface area contributed by atoms with E-state index in [0.717, 1.165) is 14.9 Å². The van der Waals surface area contributed by atoms with Gasteiger partial charge < -0.3 is 10.8 Å². The molecule has 0 aliphatic heterocycles. The summed E-state index contributed by atoms with van der Waals surface area (Å²) in [5, 5.41) is 8.81. The molecule has 0 heterocycles. The van der Waals surface area contributed by atoms with Crippen molar-refractivity contribution >= 4 is 15.9 Å². The topological polar surface area (TPSA) is 49.5 Å². The molecule has 0 spiro atoms. The molecule has 20 heavy (non-hydrogen) atoms. The fraction of sp³-hybridized carbons (Fsp3) is 0.538. The molecule has 1 rings (SSSR count). The maximum absolute atomic E-state index is 12.4. The SMILES string of the molecule is NC(CCN(CCO)CC(F)(F)F)c1cccc(Br)c1. The minimum atomic E-state index is -4.27. The van der Waals surface area contributed by atoms with E-state index in [9.17, 15) is 13.2 Å². The van der Waals surface area contributed by atoms with Crippen LogP contribution < -0.4 is 5.73 Å². The molecule has 0 aliphatic rings. The van der Waals surface area contributed by atoms with E-state index in [-0.39, 0.29) is 25.7 Å². The number of alkyl halides is 3. The van der Waals surface area contributed by atoms with Gasteiger partial charge in [-0.15, -0.1) is 0 Å². The summed E-state index contributed by atoms with van der Waals surface area (Å²) in [6.45, 7) is -1.15.